The number of aliphatic hydroxyl groups is 1. The van der Waals surface area contributed by atoms with Crippen LogP contribution >= 0.6 is 0 Å². The summed E-state index contributed by atoms with van der Waals surface area (Å²) in [7, 11) is 0. The Hall–Kier alpha value is -2.71. The molecule has 3 heterocycles. The quantitative estimate of drug-likeness (QED) is 0.721. The molecule has 1 aliphatic heterocycles. The van der Waals surface area contributed by atoms with Crippen molar-refractivity contribution in [1.82, 2.24) is 19.4 Å². The molecule has 0 radical (unpaired) electrons. The summed E-state index contributed by atoms with van der Waals surface area (Å²) >= 11 is 0. The monoisotopic (exact) mass is 355 g/mol. The molecular weight excluding hydrogens is 334 g/mol. The fraction of sp³-hybridized carbons (Fsp3) is 0.389. The van der Waals surface area contributed by atoms with Crippen LogP contribution in [0.4, 0.5) is 5.69 Å². The van der Waals surface area contributed by atoms with E-state index in [1.165, 1.54) is 17.3 Å². The van der Waals surface area contributed by atoms with E-state index in [0.29, 0.717) is 10.9 Å². The predicted octanol–water partition coefficient (Wildman–Crippen LogP) is 0.699. The van der Waals surface area contributed by atoms with E-state index < -0.39 is 0 Å². The van der Waals surface area contributed by atoms with Gasteiger partial charge in [-0.3, -0.25) is 14.3 Å². The molecule has 136 valence electrons. The number of nitrogens with zero attached hydrogens (tertiary/aromatic N) is 5. The highest BCUT2D eigenvalue weighted by molar-refractivity contribution is 5.81. The largest absolute Gasteiger partial charge is 0.451 e. The van der Waals surface area contributed by atoms with Gasteiger partial charge in [-0.15, -0.1) is 0 Å². The van der Waals surface area contributed by atoms with Gasteiger partial charge in [0.05, 0.1) is 36.1 Å². The third-order valence-corrected chi connectivity index (χ3v) is 4.76. The SMILES string of the molecule is O=c1c2ccc(N3CCN(Cc4cocn4)CC3)cc2ncn1CCO. The fourth-order valence-electron chi connectivity index (χ4n) is 3.32. The molecule has 1 aromatic carbocycles. The van der Waals surface area contributed by atoms with Crippen LogP contribution in [0.15, 0.2) is 46.4 Å². The van der Waals surface area contributed by atoms with Crippen LogP contribution in [0.25, 0.3) is 10.9 Å². The Labute approximate surface area is 150 Å². The molecule has 8 heteroatoms. The molecular formula is C18H21N5O3. The number of anilines is 1. The summed E-state index contributed by atoms with van der Waals surface area (Å²) in [5, 5.41) is 9.60. The van der Waals surface area contributed by atoms with Crippen LogP contribution in [0.5, 0.6) is 0 Å². The minimum absolute atomic E-state index is 0.0796. The van der Waals surface area contributed by atoms with Crippen molar-refractivity contribution in [2.45, 2.75) is 13.1 Å². The number of fused-ring (bicyclic) bond motifs is 1. The Bertz CT molecular complexity index is 930. The number of oxazole rings is 1. The lowest BCUT2D eigenvalue weighted by atomic mass is 10.2. The highest BCUT2D eigenvalue weighted by Gasteiger charge is 2.18. The smallest absolute Gasteiger partial charge is 0.261 e. The number of benzene rings is 1. The summed E-state index contributed by atoms with van der Waals surface area (Å²) in [6.45, 7) is 4.68. The van der Waals surface area contributed by atoms with Crippen LogP contribution in [-0.2, 0) is 13.1 Å². The molecule has 1 saturated heterocycles. The second kappa shape index (κ2) is 7.27. The van der Waals surface area contributed by atoms with Crippen molar-refractivity contribution in [3.05, 3.63) is 53.2 Å². The number of hydrogen-bond donors (Lipinski definition) is 1. The maximum absolute atomic E-state index is 12.4. The van der Waals surface area contributed by atoms with E-state index in [-0.39, 0.29) is 18.7 Å². The highest BCUT2D eigenvalue weighted by atomic mass is 16.3. The molecule has 1 aliphatic rings. The third kappa shape index (κ3) is 3.33. The maximum Gasteiger partial charge on any atom is 0.261 e. The van der Waals surface area contributed by atoms with Crippen molar-refractivity contribution in [2.24, 2.45) is 0 Å². The minimum Gasteiger partial charge on any atom is -0.451 e. The van der Waals surface area contributed by atoms with Gasteiger partial charge in [-0.1, -0.05) is 0 Å². The molecule has 0 amide bonds. The zero-order valence-corrected chi connectivity index (χ0v) is 14.4. The van der Waals surface area contributed by atoms with Crippen molar-refractivity contribution >= 4 is 16.6 Å². The number of rotatable bonds is 5. The summed E-state index contributed by atoms with van der Waals surface area (Å²) in [5.74, 6) is 0. The van der Waals surface area contributed by atoms with Crippen molar-refractivity contribution in [1.29, 1.82) is 0 Å². The lowest BCUT2D eigenvalue weighted by molar-refractivity contribution is 0.247. The van der Waals surface area contributed by atoms with Crippen LogP contribution in [-0.4, -0.2) is 57.3 Å². The number of piperazine rings is 1. The molecule has 0 unspecified atom stereocenters. The summed E-state index contributed by atoms with van der Waals surface area (Å²) in [4.78, 5) is 25.6. The van der Waals surface area contributed by atoms with Gasteiger partial charge < -0.3 is 14.4 Å². The Morgan fingerprint density at radius 2 is 2.00 bits per heavy atom. The second-order valence-electron chi connectivity index (χ2n) is 6.41. The van der Waals surface area contributed by atoms with Gasteiger partial charge in [0.2, 0.25) is 0 Å². The second-order valence-corrected chi connectivity index (χ2v) is 6.41. The Morgan fingerprint density at radius 3 is 2.73 bits per heavy atom. The highest BCUT2D eigenvalue weighted by Crippen LogP contribution is 2.21. The lowest BCUT2D eigenvalue weighted by Gasteiger charge is -2.35. The first kappa shape index (κ1) is 16.7. The molecule has 0 saturated carbocycles. The average molecular weight is 355 g/mol. The molecule has 0 spiro atoms. The van der Waals surface area contributed by atoms with Gasteiger partial charge in [0.25, 0.3) is 5.56 Å². The van der Waals surface area contributed by atoms with E-state index >= 15 is 0 Å². The van der Waals surface area contributed by atoms with Crippen molar-refractivity contribution in [3.8, 4) is 0 Å². The summed E-state index contributed by atoms with van der Waals surface area (Å²) in [6, 6.07) is 5.77. The molecule has 1 N–H and O–H groups in total. The molecule has 2 aromatic heterocycles. The van der Waals surface area contributed by atoms with Crippen LogP contribution in [0.2, 0.25) is 0 Å². The summed E-state index contributed by atoms with van der Waals surface area (Å²) in [6.07, 6.45) is 4.65. The molecule has 0 atom stereocenters. The number of aromatic nitrogens is 3. The molecule has 26 heavy (non-hydrogen) atoms. The minimum atomic E-state index is -0.118. The van der Waals surface area contributed by atoms with Crippen molar-refractivity contribution in [2.75, 3.05) is 37.7 Å². The third-order valence-electron chi connectivity index (χ3n) is 4.76. The molecule has 0 bridgehead atoms. The van der Waals surface area contributed by atoms with E-state index in [1.54, 1.807) is 6.26 Å². The predicted molar refractivity (Wildman–Crippen MR) is 97.1 cm³/mol. The van der Waals surface area contributed by atoms with E-state index in [1.807, 2.05) is 18.2 Å². The van der Waals surface area contributed by atoms with Gasteiger partial charge in [-0.2, -0.15) is 0 Å². The summed E-state index contributed by atoms with van der Waals surface area (Å²) < 4.78 is 6.46. The van der Waals surface area contributed by atoms with Crippen LogP contribution in [0, 0.1) is 0 Å². The Balaban J connectivity index is 1.47. The van der Waals surface area contributed by atoms with Gasteiger partial charge in [-0.25, -0.2) is 9.97 Å². The number of aliphatic hydroxyl groups excluding tert-OH is 1. The van der Waals surface area contributed by atoms with Crippen molar-refractivity contribution < 1.29 is 9.52 Å². The average Bonchev–Trinajstić information content (AvgIpc) is 3.18. The first-order valence-corrected chi connectivity index (χ1v) is 8.69. The Kier molecular flexibility index (Phi) is 4.68. The van der Waals surface area contributed by atoms with Crippen LogP contribution in [0.1, 0.15) is 5.69 Å². The van der Waals surface area contributed by atoms with Crippen LogP contribution < -0.4 is 10.5 Å². The van der Waals surface area contributed by atoms with Gasteiger partial charge in [0.1, 0.15) is 6.26 Å². The van der Waals surface area contributed by atoms with E-state index in [0.717, 1.165) is 44.1 Å². The summed E-state index contributed by atoms with van der Waals surface area (Å²) in [5.41, 5.74) is 2.60. The zero-order chi connectivity index (χ0) is 17.9. The molecule has 3 aromatic rings. The van der Waals surface area contributed by atoms with Crippen LogP contribution in [0.3, 0.4) is 0 Å². The van der Waals surface area contributed by atoms with Gasteiger partial charge in [-0.05, 0) is 18.2 Å². The van der Waals surface area contributed by atoms with E-state index in [4.69, 9.17) is 9.52 Å². The maximum atomic E-state index is 12.4. The standard InChI is InChI=1S/C18H21N5O3/c24-8-7-23-12-19-17-9-15(1-2-16(17)18(23)25)22-5-3-21(4-6-22)10-14-11-26-13-20-14/h1-2,9,11-13,24H,3-8,10H2. The molecule has 0 aliphatic carbocycles. The topological polar surface area (TPSA) is 87.6 Å². The first-order valence-electron chi connectivity index (χ1n) is 8.69. The van der Waals surface area contributed by atoms with Gasteiger partial charge in [0.15, 0.2) is 6.39 Å². The number of hydrogen-bond acceptors (Lipinski definition) is 7. The normalized spacial score (nSPS) is 15.7. The zero-order valence-electron chi connectivity index (χ0n) is 14.4. The lowest BCUT2D eigenvalue weighted by Crippen LogP contribution is -2.46. The molecule has 1 fully saturated rings. The van der Waals surface area contributed by atoms with E-state index in [2.05, 4.69) is 19.8 Å². The molecule has 8 nitrogen and oxygen atoms in total. The Morgan fingerprint density at radius 1 is 1.15 bits per heavy atom. The first-order chi connectivity index (χ1) is 12.7. The van der Waals surface area contributed by atoms with Gasteiger partial charge in [0, 0.05) is 38.4 Å². The van der Waals surface area contributed by atoms with Crippen molar-refractivity contribution in [3.63, 3.8) is 0 Å². The fourth-order valence-corrected chi connectivity index (χ4v) is 3.32. The van der Waals surface area contributed by atoms with E-state index in [9.17, 15) is 4.79 Å². The van der Waals surface area contributed by atoms with Gasteiger partial charge >= 0.3 is 0 Å². The molecule has 4 rings (SSSR count).